The van der Waals surface area contributed by atoms with Crippen molar-refractivity contribution < 1.29 is 4.79 Å². The molecule has 2 aliphatic heterocycles. The van der Waals surface area contributed by atoms with E-state index in [1.165, 1.54) is 30.2 Å². The summed E-state index contributed by atoms with van der Waals surface area (Å²) in [5.74, 6) is 0.968. The van der Waals surface area contributed by atoms with Crippen molar-refractivity contribution in [2.24, 2.45) is 5.41 Å². The minimum atomic E-state index is -0.0726. The highest BCUT2D eigenvalue weighted by Gasteiger charge is 2.44. The van der Waals surface area contributed by atoms with Crippen molar-refractivity contribution >= 4 is 28.2 Å². The summed E-state index contributed by atoms with van der Waals surface area (Å²) < 4.78 is 0. The smallest absolute Gasteiger partial charge is 0.223 e. The number of anilines is 2. The van der Waals surface area contributed by atoms with Gasteiger partial charge in [-0.3, -0.25) is 9.69 Å². The van der Waals surface area contributed by atoms with Crippen molar-refractivity contribution in [3.63, 3.8) is 0 Å². The molecule has 4 rings (SSSR count). The second-order valence-corrected chi connectivity index (χ2v) is 9.05. The van der Waals surface area contributed by atoms with Crippen molar-refractivity contribution in [1.29, 1.82) is 0 Å². The van der Waals surface area contributed by atoms with Crippen LogP contribution in [0, 0.1) is 19.3 Å². The van der Waals surface area contributed by atoms with Gasteiger partial charge in [-0.25, -0.2) is 4.98 Å². The Hall–Kier alpha value is -2.06. The van der Waals surface area contributed by atoms with Crippen LogP contribution in [0.25, 0.3) is 0 Å². The molecule has 8 heteroatoms. The molecule has 2 aliphatic rings. The van der Waals surface area contributed by atoms with Crippen LogP contribution < -0.4 is 10.2 Å². The molecule has 0 radical (unpaired) electrons. The van der Waals surface area contributed by atoms with Gasteiger partial charge in [-0.05, 0) is 44.9 Å². The first-order chi connectivity index (χ1) is 12.9. The first-order valence-electron chi connectivity index (χ1n) is 9.43. The summed E-state index contributed by atoms with van der Waals surface area (Å²) in [6, 6.07) is 2.12. The molecule has 0 bridgehead atoms. The maximum absolute atomic E-state index is 11.2. The zero-order valence-corrected chi connectivity index (χ0v) is 17.0. The summed E-state index contributed by atoms with van der Waals surface area (Å²) in [6.45, 7) is 10.9. The highest BCUT2D eigenvalue weighted by atomic mass is 32.1. The standard InChI is InChI=1S/C19H26N6OS/c1-13-8-14(2)22-23-17(13)25-7-5-19(12-25)4-6-24(11-19)10-16-9-20-18(27-16)21-15(3)26/h8-9H,4-7,10-12H2,1-3H3,(H,20,21,26). The molecule has 0 aromatic carbocycles. The molecule has 7 nitrogen and oxygen atoms in total. The van der Waals surface area contributed by atoms with E-state index in [4.69, 9.17) is 0 Å². The highest BCUT2D eigenvalue weighted by Crippen LogP contribution is 2.41. The molecule has 2 saturated heterocycles. The minimum absolute atomic E-state index is 0.0726. The van der Waals surface area contributed by atoms with Crippen molar-refractivity contribution in [2.45, 2.75) is 40.2 Å². The SMILES string of the molecule is CC(=O)Nc1ncc(CN2CCC3(CCN(c4nnc(C)cc4C)C3)C2)s1. The molecule has 144 valence electrons. The summed E-state index contributed by atoms with van der Waals surface area (Å²) in [6.07, 6.45) is 4.31. The monoisotopic (exact) mass is 386 g/mol. The molecule has 2 fully saturated rings. The van der Waals surface area contributed by atoms with Crippen molar-refractivity contribution in [1.82, 2.24) is 20.1 Å². The molecular weight excluding hydrogens is 360 g/mol. The average Bonchev–Trinajstić information content (AvgIpc) is 3.30. The highest BCUT2D eigenvalue weighted by molar-refractivity contribution is 7.15. The fourth-order valence-electron chi connectivity index (χ4n) is 4.35. The van der Waals surface area contributed by atoms with E-state index in [2.05, 4.69) is 43.3 Å². The molecule has 0 aliphatic carbocycles. The molecule has 1 spiro atoms. The van der Waals surface area contributed by atoms with E-state index in [-0.39, 0.29) is 5.91 Å². The number of aromatic nitrogens is 3. The van der Waals surface area contributed by atoms with Crippen LogP contribution in [0.3, 0.4) is 0 Å². The first-order valence-corrected chi connectivity index (χ1v) is 10.2. The molecular formula is C19H26N6OS. The number of hydrogen-bond donors (Lipinski definition) is 1. The molecule has 0 saturated carbocycles. The van der Waals surface area contributed by atoms with E-state index >= 15 is 0 Å². The number of thiazole rings is 1. The number of nitrogens with one attached hydrogen (secondary N) is 1. The first kappa shape index (κ1) is 18.3. The maximum Gasteiger partial charge on any atom is 0.223 e. The third-order valence-electron chi connectivity index (χ3n) is 5.55. The second kappa shape index (κ2) is 7.16. The summed E-state index contributed by atoms with van der Waals surface area (Å²) >= 11 is 1.57. The van der Waals surface area contributed by atoms with Gasteiger partial charge in [0, 0.05) is 49.6 Å². The van der Waals surface area contributed by atoms with Gasteiger partial charge < -0.3 is 10.2 Å². The van der Waals surface area contributed by atoms with Crippen molar-refractivity contribution in [2.75, 3.05) is 36.4 Å². The van der Waals surface area contributed by atoms with Crippen LogP contribution in [-0.4, -0.2) is 52.2 Å². The zero-order chi connectivity index (χ0) is 19.0. The van der Waals surface area contributed by atoms with Gasteiger partial charge in [-0.2, -0.15) is 5.10 Å². The molecule has 1 N–H and O–H groups in total. The van der Waals surface area contributed by atoms with Crippen molar-refractivity contribution in [3.8, 4) is 0 Å². The molecule has 4 heterocycles. The van der Waals surface area contributed by atoms with E-state index in [1.807, 2.05) is 13.1 Å². The van der Waals surface area contributed by atoms with Crippen LogP contribution in [0.15, 0.2) is 12.3 Å². The third-order valence-corrected chi connectivity index (χ3v) is 6.45. The van der Waals surface area contributed by atoms with Crippen LogP contribution in [0.5, 0.6) is 0 Å². The lowest BCUT2D eigenvalue weighted by Gasteiger charge is -2.25. The number of carbonyl (C=O) groups is 1. The van der Waals surface area contributed by atoms with Crippen LogP contribution >= 0.6 is 11.3 Å². The Bertz CT molecular complexity index is 852. The number of rotatable bonds is 4. The predicted molar refractivity (Wildman–Crippen MR) is 107 cm³/mol. The summed E-state index contributed by atoms with van der Waals surface area (Å²) in [4.78, 5) is 21.6. The van der Waals surface area contributed by atoms with E-state index in [1.54, 1.807) is 11.3 Å². The largest absolute Gasteiger partial charge is 0.354 e. The van der Waals surface area contributed by atoms with Gasteiger partial charge in [0.15, 0.2) is 10.9 Å². The molecule has 2 aromatic rings. The molecule has 27 heavy (non-hydrogen) atoms. The van der Waals surface area contributed by atoms with E-state index < -0.39 is 0 Å². The fraction of sp³-hybridized carbons (Fsp3) is 0.579. The minimum Gasteiger partial charge on any atom is -0.354 e. The van der Waals surface area contributed by atoms with Crippen LogP contribution in [0.2, 0.25) is 0 Å². The number of amides is 1. The average molecular weight is 387 g/mol. The number of carbonyl (C=O) groups excluding carboxylic acids is 1. The lowest BCUT2D eigenvalue weighted by molar-refractivity contribution is -0.114. The van der Waals surface area contributed by atoms with E-state index in [0.29, 0.717) is 10.5 Å². The van der Waals surface area contributed by atoms with Crippen LogP contribution in [-0.2, 0) is 11.3 Å². The third kappa shape index (κ3) is 3.96. The van der Waals surface area contributed by atoms with E-state index in [0.717, 1.165) is 44.2 Å². The summed E-state index contributed by atoms with van der Waals surface area (Å²) in [5, 5.41) is 12.2. The maximum atomic E-state index is 11.2. The quantitative estimate of drug-likeness (QED) is 0.871. The Morgan fingerprint density at radius 1 is 1.26 bits per heavy atom. The lowest BCUT2D eigenvalue weighted by atomic mass is 9.86. The Kier molecular flexibility index (Phi) is 4.86. The number of hydrogen-bond acceptors (Lipinski definition) is 7. The van der Waals surface area contributed by atoms with Gasteiger partial charge in [0.2, 0.25) is 5.91 Å². The normalized spacial score (nSPS) is 22.7. The van der Waals surface area contributed by atoms with Crippen molar-refractivity contribution in [3.05, 3.63) is 28.4 Å². The summed E-state index contributed by atoms with van der Waals surface area (Å²) in [7, 11) is 0. The van der Waals surface area contributed by atoms with Gasteiger partial charge in [-0.1, -0.05) is 0 Å². The van der Waals surface area contributed by atoms with Gasteiger partial charge in [0.25, 0.3) is 0 Å². The second-order valence-electron chi connectivity index (χ2n) is 7.94. The zero-order valence-electron chi connectivity index (χ0n) is 16.2. The molecule has 2 aromatic heterocycles. The number of aryl methyl sites for hydroxylation is 2. The lowest BCUT2D eigenvalue weighted by Crippen LogP contribution is -2.31. The van der Waals surface area contributed by atoms with Gasteiger partial charge in [-0.15, -0.1) is 16.4 Å². The summed E-state index contributed by atoms with van der Waals surface area (Å²) in [5.41, 5.74) is 2.54. The van der Waals surface area contributed by atoms with Crippen LogP contribution in [0.4, 0.5) is 10.9 Å². The number of likely N-dealkylation sites (tertiary alicyclic amines) is 1. The van der Waals surface area contributed by atoms with Gasteiger partial charge in [0.1, 0.15) is 0 Å². The topological polar surface area (TPSA) is 74.2 Å². The molecule has 1 unspecified atom stereocenters. The fourth-order valence-corrected chi connectivity index (χ4v) is 5.25. The predicted octanol–water partition coefficient (Wildman–Crippen LogP) is 2.61. The molecule has 1 amide bonds. The Morgan fingerprint density at radius 3 is 2.85 bits per heavy atom. The Morgan fingerprint density at radius 2 is 2.07 bits per heavy atom. The number of nitrogens with zero attached hydrogens (tertiary/aromatic N) is 5. The van der Waals surface area contributed by atoms with Gasteiger partial charge >= 0.3 is 0 Å². The Balaban J connectivity index is 1.38. The van der Waals surface area contributed by atoms with Gasteiger partial charge in [0.05, 0.1) is 5.69 Å². The Labute approximate surface area is 163 Å². The molecule has 1 atom stereocenters. The van der Waals surface area contributed by atoms with Crippen LogP contribution in [0.1, 0.15) is 35.9 Å². The van der Waals surface area contributed by atoms with E-state index in [9.17, 15) is 4.79 Å².